The fourth-order valence-corrected chi connectivity index (χ4v) is 5.89. The van der Waals surface area contributed by atoms with E-state index in [0.29, 0.717) is 34.1 Å². The van der Waals surface area contributed by atoms with Crippen molar-refractivity contribution >= 4 is 31.8 Å². The van der Waals surface area contributed by atoms with Gasteiger partial charge in [0.15, 0.2) is 24.8 Å². The van der Waals surface area contributed by atoms with Gasteiger partial charge in [0.1, 0.15) is 23.0 Å². The van der Waals surface area contributed by atoms with E-state index in [0.717, 1.165) is 10.8 Å². The number of methoxy groups -OCH3 is 4. The lowest BCUT2D eigenvalue weighted by Crippen LogP contribution is -2.12. The van der Waals surface area contributed by atoms with Crippen LogP contribution in [0.2, 0.25) is 0 Å². The summed E-state index contributed by atoms with van der Waals surface area (Å²) in [6.45, 7) is 0. The van der Waals surface area contributed by atoms with Crippen molar-refractivity contribution in [1.82, 2.24) is 0 Å². The molecule has 0 aliphatic heterocycles. The van der Waals surface area contributed by atoms with Crippen LogP contribution in [0.5, 0.6) is 23.0 Å². The van der Waals surface area contributed by atoms with Crippen molar-refractivity contribution in [1.29, 1.82) is 0 Å². The molecule has 31 heavy (non-hydrogen) atoms. The lowest BCUT2D eigenvalue weighted by molar-refractivity contribution is 0.392. The molecule has 0 aliphatic rings. The summed E-state index contributed by atoms with van der Waals surface area (Å²) in [5, 5.41) is 0.535. The molecule has 0 N–H and O–H groups in total. The Balaban J connectivity index is 2.30. The molecule has 0 amide bonds. The van der Waals surface area contributed by atoms with Crippen molar-refractivity contribution in [3.63, 3.8) is 0 Å². The van der Waals surface area contributed by atoms with Gasteiger partial charge in [0, 0.05) is 10.8 Å². The van der Waals surface area contributed by atoms with Gasteiger partial charge >= 0.3 is 0 Å². The second-order valence-electron chi connectivity index (χ2n) is 6.20. The van der Waals surface area contributed by atoms with Gasteiger partial charge in [-0.25, -0.2) is 16.8 Å². The van der Waals surface area contributed by atoms with E-state index in [-0.39, 0.29) is 0 Å². The summed E-state index contributed by atoms with van der Waals surface area (Å²) >= 11 is 0. The molecule has 0 saturated heterocycles. The molecule has 0 radical (unpaired) electrons. The van der Waals surface area contributed by atoms with Crippen LogP contribution in [-0.2, 0) is 19.7 Å². The van der Waals surface area contributed by atoms with Gasteiger partial charge in [0.25, 0.3) is 0 Å². The average Bonchev–Trinajstić information content (AvgIpc) is 2.74. The maximum absolute atomic E-state index is 12.4. The first kappa shape index (κ1) is 24.3. The van der Waals surface area contributed by atoms with E-state index < -0.39 is 24.8 Å². The van der Waals surface area contributed by atoms with Gasteiger partial charge in [0.05, 0.1) is 39.6 Å². The Morgan fingerprint density at radius 2 is 0.903 bits per heavy atom. The van der Waals surface area contributed by atoms with Crippen LogP contribution in [0, 0.1) is 0 Å². The Morgan fingerprint density at radius 3 is 1.16 bits per heavy atom. The van der Waals surface area contributed by atoms with Gasteiger partial charge in [-0.15, -0.1) is 0 Å². The molecule has 2 aromatic carbocycles. The quantitative estimate of drug-likeness (QED) is 0.524. The van der Waals surface area contributed by atoms with E-state index in [2.05, 4.69) is 0 Å². The smallest absolute Gasteiger partial charge is 0.186 e. The van der Waals surface area contributed by atoms with Crippen LogP contribution in [-0.4, -0.2) is 50.4 Å². The summed E-state index contributed by atoms with van der Waals surface area (Å²) < 4.78 is 70.6. The fourth-order valence-electron chi connectivity index (χ4n) is 2.74. The van der Waals surface area contributed by atoms with Crippen LogP contribution in [0.1, 0.15) is 11.1 Å². The summed E-state index contributed by atoms with van der Waals surface area (Å²) in [5.74, 6) is 1.54. The van der Waals surface area contributed by atoms with Crippen molar-refractivity contribution in [3.05, 3.63) is 58.3 Å². The minimum Gasteiger partial charge on any atom is -0.496 e. The van der Waals surface area contributed by atoms with Crippen molar-refractivity contribution < 1.29 is 35.8 Å². The monoisotopic (exact) mass is 468 g/mol. The maximum Gasteiger partial charge on any atom is 0.186 e. The Morgan fingerprint density at radius 1 is 0.613 bits per heavy atom. The van der Waals surface area contributed by atoms with Crippen LogP contribution in [0.3, 0.4) is 0 Å². The zero-order valence-corrected chi connectivity index (χ0v) is 19.2. The molecule has 0 saturated carbocycles. The number of rotatable bonds is 10. The van der Waals surface area contributed by atoms with Crippen molar-refractivity contribution in [3.8, 4) is 23.0 Å². The molecular weight excluding hydrogens is 444 g/mol. The number of hydrogen-bond acceptors (Lipinski definition) is 8. The SMILES string of the molecule is COc1cccc(OC)c1/C=C/S(=O)(=O)CS(=O)(=O)/C=C/c1c(OC)cccc1OC. The third kappa shape index (κ3) is 6.50. The summed E-state index contributed by atoms with van der Waals surface area (Å²) in [6.07, 6.45) is 2.49. The third-order valence-electron chi connectivity index (χ3n) is 4.14. The van der Waals surface area contributed by atoms with Crippen LogP contribution in [0.4, 0.5) is 0 Å². The highest BCUT2D eigenvalue weighted by molar-refractivity contribution is 8.10. The van der Waals surface area contributed by atoms with E-state index in [1.54, 1.807) is 36.4 Å². The minimum absolute atomic E-state index is 0.378. The summed E-state index contributed by atoms with van der Waals surface area (Å²) in [5.41, 5.74) is 0.755. The minimum atomic E-state index is -4.12. The Hall–Kier alpha value is -2.98. The highest BCUT2D eigenvalue weighted by Crippen LogP contribution is 2.31. The van der Waals surface area contributed by atoms with Crippen LogP contribution >= 0.6 is 0 Å². The van der Waals surface area contributed by atoms with Crippen molar-refractivity contribution in [2.24, 2.45) is 0 Å². The van der Waals surface area contributed by atoms with Crippen LogP contribution in [0.25, 0.3) is 12.2 Å². The molecule has 0 atom stereocenters. The number of benzene rings is 2. The normalized spacial score (nSPS) is 12.3. The molecule has 0 aliphatic carbocycles. The predicted molar refractivity (Wildman–Crippen MR) is 120 cm³/mol. The standard InChI is InChI=1S/C21H24O8S2/c1-26-18-7-5-8-19(27-2)16(18)11-13-30(22,23)15-31(24,25)14-12-17-20(28-3)9-6-10-21(17)29-4/h5-14H,15H2,1-4H3/b13-11+,14-12+. The molecule has 0 bridgehead atoms. The summed E-state index contributed by atoms with van der Waals surface area (Å²) in [6, 6.07) is 9.91. The molecule has 0 aromatic heterocycles. The molecule has 0 fully saturated rings. The first-order chi connectivity index (χ1) is 14.7. The number of ether oxygens (including phenoxy) is 4. The van der Waals surface area contributed by atoms with Gasteiger partial charge in [-0.3, -0.25) is 0 Å². The maximum atomic E-state index is 12.4. The van der Waals surface area contributed by atoms with Crippen LogP contribution < -0.4 is 18.9 Å². The number of sulfone groups is 2. The highest BCUT2D eigenvalue weighted by Gasteiger charge is 2.19. The van der Waals surface area contributed by atoms with Crippen molar-refractivity contribution in [2.75, 3.05) is 33.5 Å². The molecule has 8 nitrogen and oxygen atoms in total. The van der Waals surface area contributed by atoms with Gasteiger partial charge in [0.2, 0.25) is 0 Å². The first-order valence-corrected chi connectivity index (χ1v) is 12.3. The van der Waals surface area contributed by atoms with E-state index in [4.69, 9.17) is 18.9 Å². The second kappa shape index (κ2) is 10.4. The van der Waals surface area contributed by atoms with E-state index in [1.165, 1.54) is 40.6 Å². The molecule has 168 valence electrons. The third-order valence-corrected chi connectivity index (χ3v) is 7.87. The van der Waals surface area contributed by atoms with E-state index in [1.807, 2.05) is 0 Å². The Labute approximate surface area is 182 Å². The molecule has 0 unspecified atom stereocenters. The second-order valence-corrected chi connectivity index (χ2v) is 10.3. The van der Waals surface area contributed by atoms with Gasteiger partial charge in [-0.2, -0.15) is 0 Å². The zero-order valence-electron chi connectivity index (χ0n) is 17.6. The topological polar surface area (TPSA) is 105 Å². The number of hydrogen-bond donors (Lipinski definition) is 0. The highest BCUT2D eigenvalue weighted by atomic mass is 32.3. The Kier molecular flexibility index (Phi) is 8.12. The summed E-state index contributed by atoms with van der Waals surface area (Å²) in [7, 11) is -2.50. The first-order valence-electron chi connectivity index (χ1n) is 8.90. The molecule has 10 heteroatoms. The zero-order chi connectivity index (χ0) is 23.1. The molecule has 2 rings (SSSR count). The summed E-state index contributed by atoms with van der Waals surface area (Å²) in [4.78, 5) is 0. The van der Waals surface area contributed by atoms with Gasteiger partial charge in [-0.1, -0.05) is 12.1 Å². The fraction of sp³-hybridized carbons (Fsp3) is 0.238. The molecule has 0 spiro atoms. The lowest BCUT2D eigenvalue weighted by Gasteiger charge is -2.10. The Bertz CT molecular complexity index is 1040. The van der Waals surface area contributed by atoms with E-state index >= 15 is 0 Å². The molecular formula is C21H24O8S2. The average molecular weight is 469 g/mol. The molecule has 0 heterocycles. The van der Waals surface area contributed by atoms with E-state index in [9.17, 15) is 16.8 Å². The molecule has 2 aromatic rings. The van der Waals surface area contributed by atoms with Crippen molar-refractivity contribution in [2.45, 2.75) is 0 Å². The van der Waals surface area contributed by atoms with Gasteiger partial charge < -0.3 is 18.9 Å². The lowest BCUT2D eigenvalue weighted by atomic mass is 10.2. The van der Waals surface area contributed by atoms with Crippen LogP contribution in [0.15, 0.2) is 47.2 Å². The largest absolute Gasteiger partial charge is 0.496 e. The van der Waals surface area contributed by atoms with Gasteiger partial charge in [-0.05, 0) is 36.4 Å². The predicted octanol–water partition coefficient (Wildman–Crippen LogP) is 3.15.